The number of amides is 2. The molecule has 4 nitrogen and oxygen atoms in total. The van der Waals surface area contributed by atoms with Crippen LogP contribution in [-0.4, -0.2) is 23.3 Å². The van der Waals surface area contributed by atoms with Crippen LogP contribution in [0.4, 0.5) is 14.5 Å². The van der Waals surface area contributed by atoms with Gasteiger partial charge in [0.05, 0.1) is 5.57 Å². The highest BCUT2D eigenvalue weighted by atomic mass is 19.1. The van der Waals surface area contributed by atoms with Gasteiger partial charge in [-0.25, -0.2) is 8.78 Å². The number of aryl methyl sites for hydroxylation is 2. The molecule has 1 N–H and O–H groups in total. The van der Waals surface area contributed by atoms with Crippen LogP contribution < -0.4 is 5.32 Å². The number of benzene rings is 3. The quantitative estimate of drug-likeness (QED) is 0.557. The van der Waals surface area contributed by atoms with Crippen LogP contribution in [0.1, 0.15) is 22.3 Å². The van der Waals surface area contributed by atoms with Crippen molar-refractivity contribution < 1.29 is 18.4 Å². The number of carbonyl (C=O) groups is 2. The number of hydrogen-bond acceptors (Lipinski definition) is 3. The van der Waals surface area contributed by atoms with E-state index in [1.807, 2.05) is 32.0 Å². The first-order valence-electron chi connectivity index (χ1n) is 10.3. The van der Waals surface area contributed by atoms with Gasteiger partial charge in [-0.2, -0.15) is 0 Å². The van der Waals surface area contributed by atoms with E-state index in [1.165, 1.54) is 41.3 Å². The number of nitrogens with zero attached hydrogens (tertiary/aromatic N) is 1. The maximum atomic E-state index is 13.4. The molecule has 0 radical (unpaired) electrons. The number of rotatable bonds is 6. The number of nitrogens with one attached hydrogen (secondary N) is 1. The Kier molecular flexibility index (Phi) is 5.86. The van der Waals surface area contributed by atoms with E-state index in [2.05, 4.69) is 5.32 Å². The second-order valence-corrected chi connectivity index (χ2v) is 7.84. The van der Waals surface area contributed by atoms with Gasteiger partial charge in [-0.1, -0.05) is 35.9 Å². The molecular formula is C26H22F2N2O2. The molecule has 1 heterocycles. The van der Waals surface area contributed by atoms with Crippen molar-refractivity contribution >= 4 is 23.1 Å². The van der Waals surface area contributed by atoms with Gasteiger partial charge in [0.25, 0.3) is 11.8 Å². The van der Waals surface area contributed by atoms with E-state index in [-0.39, 0.29) is 23.6 Å². The third kappa shape index (κ3) is 4.30. The van der Waals surface area contributed by atoms with Crippen LogP contribution in [0.3, 0.4) is 0 Å². The summed E-state index contributed by atoms with van der Waals surface area (Å²) in [7, 11) is 0. The van der Waals surface area contributed by atoms with E-state index in [0.717, 1.165) is 16.7 Å². The molecule has 1 aliphatic heterocycles. The van der Waals surface area contributed by atoms with Crippen molar-refractivity contribution in [1.29, 1.82) is 0 Å². The molecular weight excluding hydrogens is 410 g/mol. The van der Waals surface area contributed by atoms with E-state index in [1.54, 1.807) is 12.1 Å². The first-order chi connectivity index (χ1) is 15.3. The third-order valence-corrected chi connectivity index (χ3v) is 5.47. The molecule has 2 amide bonds. The van der Waals surface area contributed by atoms with Crippen LogP contribution in [0.25, 0.3) is 5.57 Å². The van der Waals surface area contributed by atoms with Crippen LogP contribution in [0.2, 0.25) is 0 Å². The van der Waals surface area contributed by atoms with Crippen molar-refractivity contribution in [2.75, 3.05) is 11.9 Å². The van der Waals surface area contributed by atoms with Crippen molar-refractivity contribution in [3.8, 4) is 0 Å². The van der Waals surface area contributed by atoms with Gasteiger partial charge < -0.3 is 5.32 Å². The molecule has 0 fully saturated rings. The highest BCUT2D eigenvalue weighted by Gasteiger charge is 2.39. The van der Waals surface area contributed by atoms with E-state index >= 15 is 0 Å². The average Bonchev–Trinajstić information content (AvgIpc) is 2.99. The number of carbonyl (C=O) groups excluding carboxylic acids is 2. The van der Waals surface area contributed by atoms with E-state index in [0.29, 0.717) is 17.7 Å². The van der Waals surface area contributed by atoms with Crippen molar-refractivity contribution in [2.24, 2.45) is 0 Å². The van der Waals surface area contributed by atoms with Crippen LogP contribution in [0.5, 0.6) is 0 Å². The van der Waals surface area contributed by atoms with Crippen molar-refractivity contribution in [3.63, 3.8) is 0 Å². The molecule has 0 atom stereocenters. The predicted octanol–water partition coefficient (Wildman–Crippen LogP) is 5.02. The summed E-state index contributed by atoms with van der Waals surface area (Å²) < 4.78 is 26.5. The molecule has 0 bridgehead atoms. The number of hydrogen-bond donors (Lipinski definition) is 1. The lowest BCUT2D eigenvalue weighted by Crippen LogP contribution is -2.34. The Morgan fingerprint density at radius 3 is 2.06 bits per heavy atom. The van der Waals surface area contributed by atoms with Gasteiger partial charge >= 0.3 is 0 Å². The Morgan fingerprint density at radius 2 is 1.44 bits per heavy atom. The summed E-state index contributed by atoms with van der Waals surface area (Å²) in [6, 6.07) is 17.3. The molecule has 0 saturated carbocycles. The molecule has 3 aromatic rings. The number of halogens is 2. The summed E-state index contributed by atoms with van der Waals surface area (Å²) >= 11 is 0. The normalized spacial score (nSPS) is 13.8. The van der Waals surface area contributed by atoms with E-state index in [9.17, 15) is 18.4 Å². The predicted molar refractivity (Wildman–Crippen MR) is 120 cm³/mol. The first-order valence-corrected chi connectivity index (χ1v) is 10.3. The SMILES string of the molecule is Cc1ccc(C2=C(Nc3ccc(F)cc3)C(=O)N(CCc3ccc(F)cc3)C2=O)c(C)c1. The van der Waals surface area contributed by atoms with Gasteiger partial charge in [0.1, 0.15) is 17.3 Å². The zero-order valence-electron chi connectivity index (χ0n) is 17.8. The van der Waals surface area contributed by atoms with Gasteiger partial charge in [-0.05, 0) is 73.4 Å². The Balaban J connectivity index is 1.68. The minimum atomic E-state index is -0.448. The first kappa shape index (κ1) is 21.4. The van der Waals surface area contributed by atoms with Crippen molar-refractivity contribution in [2.45, 2.75) is 20.3 Å². The van der Waals surface area contributed by atoms with Gasteiger partial charge in [0.15, 0.2) is 0 Å². The fraction of sp³-hybridized carbons (Fsp3) is 0.154. The second-order valence-electron chi connectivity index (χ2n) is 7.84. The summed E-state index contributed by atoms with van der Waals surface area (Å²) in [5.41, 5.74) is 4.36. The minimum absolute atomic E-state index is 0.159. The molecule has 3 aromatic carbocycles. The molecule has 0 unspecified atom stereocenters. The largest absolute Gasteiger partial charge is 0.350 e. The molecule has 6 heteroatoms. The third-order valence-electron chi connectivity index (χ3n) is 5.47. The Morgan fingerprint density at radius 1 is 0.812 bits per heavy atom. The van der Waals surface area contributed by atoms with Crippen LogP contribution in [-0.2, 0) is 16.0 Å². The number of anilines is 1. The van der Waals surface area contributed by atoms with Gasteiger partial charge in [0.2, 0.25) is 0 Å². The lowest BCUT2D eigenvalue weighted by molar-refractivity contribution is -0.136. The van der Waals surface area contributed by atoms with Gasteiger partial charge in [-0.3, -0.25) is 14.5 Å². The topological polar surface area (TPSA) is 49.4 Å². The molecule has 0 aromatic heterocycles. The van der Waals surface area contributed by atoms with Crippen LogP contribution in [0, 0.1) is 25.5 Å². The van der Waals surface area contributed by atoms with E-state index in [4.69, 9.17) is 0 Å². The molecule has 0 spiro atoms. The lowest BCUT2D eigenvalue weighted by atomic mass is 9.97. The zero-order chi connectivity index (χ0) is 22.8. The summed E-state index contributed by atoms with van der Waals surface area (Å²) in [6.45, 7) is 4.01. The molecule has 162 valence electrons. The summed E-state index contributed by atoms with van der Waals surface area (Å²) in [5, 5.41) is 3.03. The zero-order valence-corrected chi connectivity index (χ0v) is 17.8. The fourth-order valence-corrected chi connectivity index (χ4v) is 3.81. The Labute approximate surface area is 185 Å². The van der Waals surface area contributed by atoms with Crippen LogP contribution >= 0.6 is 0 Å². The summed E-state index contributed by atoms with van der Waals surface area (Å²) in [4.78, 5) is 27.8. The van der Waals surface area contributed by atoms with E-state index < -0.39 is 17.6 Å². The maximum Gasteiger partial charge on any atom is 0.278 e. The Bertz CT molecular complexity index is 1220. The maximum absolute atomic E-state index is 13.4. The summed E-state index contributed by atoms with van der Waals surface area (Å²) in [5.74, 6) is -1.58. The van der Waals surface area contributed by atoms with Crippen LogP contribution in [0.15, 0.2) is 72.4 Å². The molecule has 32 heavy (non-hydrogen) atoms. The average molecular weight is 432 g/mol. The highest BCUT2D eigenvalue weighted by Crippen LogP contribution is 2.32. The Hall–Kier alpha value is -3.80. The van der Waals surface area contributed by atoms with Gasteiger partial charge in [-0.15, -0.1) is 0 Å². The number of imide groups is 1. The minimum Gasteiger partial charge on any atom is -0.350 e. The molecule has 1 aliphatic rings. The fourth-order valence-electron chi connectivity index (χ4n) is 3.81. The summed E-state index contributed by atoms with van der Waals surface area (Å²) in [6.07, 6.45) is 0.405. The molecule has 0 aliphatic carbocycles. The molecule has 0 saturated heterocycles. The molecule has 4 rings (SSSR count). The standard InChI is InChI=1S/C26H22F2N2O2/c1-16-3-12-22(17(2)15-16)23-24(29-21-10-8-20(28)9-11-21)26(32)30(25(23)31)14-13-18-4-6-19(27)7-5-18/h3-12,15,29H,13-14H2,1-2H3. The lowest BCUT2D eigenvalue weighted by Gasteiger charge is -2.15. The smallest absolute Gasteiger partial charge is 0.278 e. The second kappa shape index (κ2) is 8.75. The van der Waals surface area contributed by atoms with Crippen molar-refractivity contribution in [1.82, 2.24) is 4.90 Å². The van der Waals surface area contributed by atoms with Gasteiger partial charge in [0, 0.05) is 12.2 Å². The monoisotopic (exact) mass is 432 g/mol. The van der Waals surface area contributed by atoms with Crippen molar-refractivity contribution in [3.05, 3.63) is 106 Å². The highest BCUT2D eigenvalue weighted by molar-refractivity contribution is 6.36.